The van der Waals surface area contributed by atoms with Crippen molar-refractivity contribution < 1.29 is 14.3 Å². The van der Waals surface area contributed by atoms with Crippen LogP contribution in [0.15, 0.2) is 12.7 Å². The molecule has 1 unspecified atom stereocenters. The lowest BCUT2D eigenvalue weighted by molar-refractivity contribution is -0.124. The molecule has 2 rings (SSSR count). The molecule has 0 aromatic rings. The first-order valence-corrected chi connectivity index (χ1v) is 7.64. The summed E-state index contributed by atoms with van der Waals surface area (Å²) in [6, 6.07) is 0. The van der Waals surface area contributed by atoms with Crippen LogP contribution in [0.3, 0.4) is 0 Å². The highest BCUT2D eigenvalue weighted by molar-refractivity contribution is 5.82. The van der Waals surface area contributed by atoms with Crippen LogP contribution in [0.2, 0.25) is 0 Å². The van der Waals surface area contributed by atoms with E-state index >= 15 is 0 Å². The van der Waals surface area contributed by atoms with E-state index in [4.69, 9.17) is 4.74 Å². The van der Waals surface area contributed by atoms with E-state index in [1.807, 2.05) is 26.8 Å². The maximum absolute atomic E-state index is 12.1. The number of allylic oxidation sites excluding steroid dienone is 1. The summed E-state index contributed by atoms with van der Waals surface area (Å²) in [6.45, 7) is 11.4. The van der Waals surface area contributed by atoms with Crippen LogP contribution in [0.5, 0.6) is 0 Å². The van der Waals surface area contributed by atoms with Crippen LogP contribution in [-0.2, 0) is 9.53 Å². The Balaban J connectivity index is 1.98. The minimum atomic E-state index is -0.470. The molecule has 2 fully saturated rings. The van der Waals surface area contributed by atoms with Gasteiger partial charge in [-0.3, -0.25) is 4.79 Å². The largest absolute Gasteiger partial charge is 0.444 e. The maximum atomic E-state index is 12.1. The molecule has 118 valence electrons. The molecule has 0 aromatic carbocycles. The third kappa shape index (κ3) is 3.39. The average Bonchev–Trinajstić information content (AvgIpc) is 2.68. The van der Waals surface area contributed by atoms with Gasteiger partial charge in [-0.2, -0.15) is 0 Å². The first kappa shape index (κ1) is 15.9. The first-order chi connectivity index (χ1) is 9.77. The lowest BCUT2D eigenvalue weighted by Crippen LogP contribution is -2.47. The van der Waals surface area contributed by atoms with Crippen LogP contribution in [0, 0.1) is 11.3 Å². The summed E-state index contributed by atoms with van der Waals surface area (Å²) in [5.41, 5.74) is -0.494. The topological polar surface area (TPSA) is 58.6 Å². The molecular weight excluding hydrogens is 268 g/mol. The van der Waals surface area contributed by atoms with Gasteiger partial charge in [-0.15, -0.1) is 6.58 Å². The maximum Gasteiger partial charge on any atom is 0.410 e. The summed E-state index contributed by atoms with van der Waals surface area (Å²) in [6.07, 6.45) is 3.94. The number of nitrogens with one attached hydrogen (secondary N) is 1. The molecule has 1 atom stereocenters. The second kappa shape index (κ2) is 5.70. The van der Waals surface area contributed by atoms with E-state index in [1.165, 1.54) is 0 Å². The number of ether oxygens (including phenoxy) is 1. The molecule has 0 radical (unpaired) electrons. The molecule has 0 saturated carbocycles. The zero-order chi connectivity index (χ0) is 15.7. The van der Waals surface area contributed by atoms with E-state index in [2.05, 4.69) is 11.9 Å². The molecule has 2 amide bonds. The van der Waals surface area contributed by atoms with Gasteiger partial charge in [-0.1, -0.05) is 6.08 Å². The Morgan fingerprint density at radius 3 is 2.62 bits per heavy atom. The van der Waals surface area contributed by atoms with Gasteiger partial charge in [0.2, 0.25) is 5.91 Å². The van der Waals surface area contributed by atoms with E-state index in [0.717, 1.165) is 12.8 Å². The van der Waals surface area contributed by atoms with Crippen LogP contribution in [-0.4, -0.2) is 42.1 Å². The lowest BCUT2D eigenvalue weighted by atomic mass is 9.69. The summed E-state index contributed by atoms with van der Waals surface area (Å²) in [5, 5.41) is 2.98. The monoisotopic (exact) mass is 294 g/mol. The van der Waals surface area contributed by atoms with Crippen molar-refractivity contribution >= 4 is 12.0 Å². The van der Waals surface area contributed by atoms with Gasteiger partial charge in [0.1, 0.15) is 5.60 Å². The number of carbonyl (C=O) groups is 2. The number of likely N-dealkylation sites (tertiary alicyclic amines) is 1. The predicted molar refractivity (Wildman–Crippen MR) is 80.8 cm³/mol. The first-order valence-electron chi connectivity index (χ1n) is 7.64. The number of carbonyl (C=O) groups excluding carboxylic acids is 2. The Bertz CT molecular complexity index is 431. The number of rotatable bonds is 2. The minimum absolute atomic E-state index is 0.00390. The predicted octanol–water partition coefficient (Wildman–Crippen LogP) is 2.33. The van der Waals surface area contributed by atoms with Crippen molar-refractivity contribution in [3.05, 3.63) is 12.7 Å². The Morgan fingerprint density at radius 1 is 1.48 bits per heavy atom. The molecule has 2 saturated heterocycles. The molecule has 2 aliphatic rings. The molecule has 1 spiro atoms. The van der Waals surface area contributed by atoms with Gasteiger partial charge in [0.05, 0.1) is 0 Å². The fourth-order valence-electron chi connectivity index (χ4n) is 3.30. The number of amides is 2. The van der Waals surface area contributed by atoms with Gasteiger partial charge in [-0.25, -0.2) is 4.79 Å². The molecule has 0 aliphatic carbocycles. The molecule has 0 bridgehead atoms. The Labute approximate surface area is 126 Å². The minimum Gasteiger partial charge on any atom is -0.444 e. The van der Waals surface area contributed by atoms with E-state index in [9.17, 15) is 9.59 Å². The van der Waals surface area contributed by atoms with Crippen molar-refractivity contribution in [2.45, 2.75) is 45.6 Å². The standard InChI is InChI=1S/C16H26N2O3/c1-5-6-12-13(19)17-11-16(12)7-9-18(10-8-16)14(20)21-15(2,3)4/h5,12H,1,6-11H2,2-4H3,(H,17,19). The average molecular weight is 294 g/mol. The quantitative estimate of drug-likeness (QED) is 0.795. The Morgan fingerprint density at radius 2 is 2.10 bits per heavy atom. The van der Waals surface area contributed by atoms with Crippen LogP contribution < -0.4 is 5.32 Å². The van der Waals surface area contributed by atoms with Crippen molar-refractivity contribution in [2.75, 3.05) is 19.6 Å². The molecular formula is C16H26N2O3. The molecule has 5 heteroatoms. The van der Waals surface area contributed by atoms with Crippen molar-refractivity contribution in [1.82, 2.24) is 10.2 Å². The highest BCUT2D eigenvalue weighted by Crippen LogP contribution is 2.43. The zero-order valence-corrected chi connectivity index (χ0v) is 13.3. The summed E-state index contributed by atoms with van der Waals surface area (Å²) < 4.78 is 5.41. The summed E-state index contributed by atoms with van der Waals surface area (Å²) >= 11 is 0. The Hall–Kier alpha value is -1.52. The number of hydrogen-bond acceptors (Lipinski definition) is 3. The fourth-order valence-corrected chi connectivity index (χ4v) is 3.30. The second-order valence-corrected chi connectivity index (χ2v) is 7.12. The molecule has 1 N–H and O–H groups in total. The van der Waals surface area contributed by atoms with Gasteiger partial charge in [0, 0.05) is 31.0 Å². The normalized spacial score (nSPS) is 24.8. The van der Waals surface area contributed by atoms with E-state index in [0.29, 0.717) is 26.1 Å². The van der Waals surface area contributed by atoms with Crippen molar-refractivity contribution in [3.63, 3.8) is 0 Å². The summed E-state index contributed by atoms with van der Waals surface area (Å²) in [7, 11) is 0. The fraction of sp³-hybridized carbons (Fsp3) is 0.750. The summed E-state index contributed by atoms with van der Waals surface area (Å²) in [4.78, 5) is 25.8. The number of nitrogens with zero attached hydrogens (tertiary/aromatic N) is 1. The van der Waals surface area contributed by atoms with E-state index in [1.54, 1.807) is 4.90 Å². The molecule has 2 heterocycles. The van der Waals surface area contributed by atoms with Crippen LogP contribution in [0.1, 0.15) is 40.0 Å². The van der Waals surface area contributed by atoms with Crippen LogP contribution in [0.25, 0.3) is 0 Å². The third-order valence-electron chi connectivity index (χ3n) is 4.48. The molecule has 0 aromatic heterocycles. The molecule has 5 nitrogen and oxygen atoms in total. The SMILES string of the molecule is C=CCC1C(=O)NCC12CCN(C(=O)OC(C)(C)C)CC2. The zero-order valence-electron chi connectivity index (χ0n) is 13.3. The number of piperidine rings is 1. The Kier molecular flexibility index (Phi) is 4.30. The van der Waals surface area contributed by atoms with E-state index in [-0.39, 0.29) is 23.3 Å². The highest BCUT2D eigenvalue weighted by Gasteiger charge is 2.49. The molecule has 2 aliphatic heterocycles. The van der Waals surface area contributed by atoms with Gasteiger partial charge < -0.3 is 15.0 Å². The van der Waals surface area contributed by atoms with E-state index < -0.39 is 5.60 Å². The highest BCUT2D eigenvalue weighted by atomic mass is 16.6. The van der Waals surface area contributed by atoms with Gasteiger partial charge in [0.25, 0.3) is 0 Å². The van der Waals surface area contributed by atoms with Crippen LogP contribution in [0.4, 0.5) is 4.79 Å². The van der Waals surface area contributed by atoms with Crippen molar-refractivity contribution in [1.29, 1.82) is 0 Å². The summed E-state index contributed by atoms with van der Waals surface area (Å²) in [5.74, 6) is 0.122. The van der Waals surface area contributed by atoms with Crippen molar-refractivity contribution in [2.24, 2.45) is 11.3 Å². The smallest absolute Gasteiger partial charge is 0.410 e. The van der Waals surface area contributed by atoms with Gasteiger partial charge in [0.15, 0.2) is 0 Å². The van der Waals surface area contributed by atoms with Crippen LogP contribution >= 0.6 is 0 Å². The second-order valence-electron chi connectivity index (χ2n) is 7.12. The third-order valence-corrected chi connectivity index (χ3v) is 4.48. The lowest BCUT2D eigenvalue weighted by Gasteiger charge is -2.41. The van der Waals surface area contributed by atoms with Crippen molar-refractivity contribution in [3.8, 4) is 0 Å². The number of hydrogen-bond donors (Lipinski definition) is 1. The van der Waals surface area contributed by atoms with Gasteiger partial charge >= 0.3 is 6.09 Å². The molecule has 21 heavy (non-hydrogen) atoms. The van der Waals surface area contributed by atoms with Gasteiger partial charge in [-0.05, 0) is 40.0 Å².